The smallest absolute Gasteiger partial charge is 0.338 e. The van der Waals surface area contributed by atoms with Gasteiger partial charge in [0.25, 0.3) is 5.56 Å². The fourth-order valence-corrected chi connectivity index (χ4v) is 7.54. The van der Waals surface area contributed by atoms with Crippen LogP contribution in [0.2, 0.25) is 0 Å². The Bertz CT molecular complexity index is 2430. The minimum Gasteiger partial charge on any atom is -0.463 e. The summed E-state index contributed by atoms with van der Waals surface area (Å²) in [5.74, 6) is 0.623. The molecular formula is C38H28BrN3O5S. The van der Waals surface area contributed by atoms with Gasteiger partial charge in [0.2, 0.25) is 6.79 Å². The molecule has 0 radical (unpaired) electrons. The Morgan fingerprint density at radius 1 is 1.00 bits per heavy atom. The van der Waals surface area contributed by atoms with Gasteiger partial charge in [-0.2, -0.15) is 0 Å². The molecule has 10 heteroatoms. The molecule has 1 atom stereocenters. The van der Waals surface area contributed by atoms with E-state index in [9.17, 15) is 9.59 Å². The van der Waals surface area contributed by atoms with Crippen molar-refractivity contribution in [2.75, 3.05) is 13.4 Å². The van der Waals surface area contributed by atoms with Gasteiger partial charge in [0.05, 0.1) is 28.5 Å². The number of esters is 1. The van der Waals surface area contributed by atoms with Crippen molar-refractivity contribution in [2.24, 2.45) is 4.99 Å². The lowest BCUT2D eigenvalue weighted by molar-refractivity contribution is -0.138. The summed E-state index contributed by atoms with van der Waals surface area (Å²) in [6.45, 7) is 2.72. The molecule has 0 amide bonds. The van der Waals surface area contributed by atoms with Crippen LogP contribution in [0.4, 0.5) is 0 Å². The van der Waals surface area contributed by atoms with E-state index in [1.807, 2.05) is 72.8 Å². The van der Waals surface area contributed by atoms with Crippen LogP contribution in [0.1, 0.15) is 35.2 Å². The van der Waals surface area contributed by atoms with Crippen LogP contribution in [-0.2, 0) is 16.1 Å². The molecule has 0 fully saturated rings. The predicted octanol–water partition coefficient (Wildman–Crippen LogP) is 6.43. The van der Waals surface area contributed by atoms with Gasteiger partial charge in [0.1, 0.15) is 0 Å². The van der Waals surface area contributed by atoms with E-state index in [1.54, 1.807) is 17.6 Å². The number of carbonyl (C=O) groups is 1. The van der Waals surface area contributed by atoms with Crippen LogP contribution in [0.3, 0.4) is 0 Å². The first-order valence-corrected chi connectivity index (χ1v) is 17.1. The molecule has 2 aromatic heterocycles. The average molecular weight is 719 g/mol. The van der Waals surface area contributed by atoms with E-state index in [1.165, 1.54) is 11.3 Å². The van der Waals surface area contributed by atoms with Gasteiger partial charge in [0, 0.05) is 39.2 Å². The number of hydrogen-bond acceptors (Lipinski definition) is 7. The number of carbonyl (C=O) groups excluding carboxylic acids is 1. The van der Waals surface area contributed by atoms with Gasteiger partial charge in [0.15, 0.2) is 16.3 Å². The zero-order valence-electron chi connectivity index (χ0n) is 25.8. The largest absolute Gasteiger partial charge is 0.463 e. The molecule has 8 rings (SSSR count). The molecule has 4 heterocycles. The van der Waals surface area contributed by atoms with Gasteiger partial charge in [-0.25, -0.2) is 9.79 Å². The van der Waals surface area contributed by atoms with Gasteiger partial charge >= 0.3 is 5.97 Å². The molecule has 0 aliphatic carbocycles. The Labute approximate surface area is 287 Å². The minimum atomic E-state index is -0.814. The van der Waals surface area contributed by atoms with E-state index in [4.69, 9.17) is 19.2 Å². The standard InChI is InChI=1S/C38H28BrN3O5S/c1-2-45-37(44)33-34(24-8-4-3-5-9-24)40-38-42(35(33)25-14-17-30-31(18-25)47-22-46-30)36(43)32(48-38)19-26-21-41(29-11-7-6-10-28(26)29)20-23-12-15-27(39)16-13-23/h3-19,21,35H,2,20,22H2,1H3/b32-19+/t35-/m0/s1. The van der Waals surface area contributed by atoms with E-state index >= 15 is 0 Å². The number of para-hydroxylation sites is 1. The van der Waals surface area contributed by atoms with Gasteiger partial charge in [-0.05, 0) is 54.5 Å². The van der Waals surface area contributed by atoms with Crippen molar-refractivity contribution in [1.82, 2.24) is 9.13 Å². The maximum atomic E-state index is 14.5. The normalized spacial score (nSPS) is 15.5. The number of ether oxygens (including phenoxy) is 3. The summed E-state index contributed by atoms with van der Waals surface area (Å²) in [5, 5.41) is 1.03. The fourth-order valence-electron chi connectivity index (χ4n) is 6.29. The fraction of sp³-hybridized carbons (Fsp3) is 0.132. The van der Waals surface area contributed by atoms with E-state index in [0.717, 1.165) is 32.1 Å². The maximum absolute atomic E-state index is 14.5. The molecule has 0 unspecified atom stereocenters. The van der Waals surface area contributed by atoms with Crippen LogP contribution in [0.25, 0.3) is 22.7 Å². The number of nitrogens with zero attached hydrogens (tertiary/aromatic N) is 3. The lowest BCUT2D eigenvalue weighted by atomic mass is 9.93. The van der Waals surface area contributed by atoms with Crippen molar-refractivity contribution in [2.45, 2.75) is 19.5 Å². The van der Waals surface area contributed by atoms with E-state index < -0.39 is 12.0 Å². The highest BCUT2D eigenvalue weighted by atomic mass is 79.9. The van der Waals surface area contributed by atoms with Crippen molar-refractivity contribution in [3.63, 3.8) is 0 Å². The second-order valence-electron chi connectivity index (χ2n) is 11.4. The molecule has 6 aromatic rings. The summed E-state index contributed by atoms with van der Waals surface area (Å²) < 4.78 is 22.2. The highest BCUT2D eigenvalue weighted by molar-refractivity contribution is 9.10. The van der Waals surface area contributed by atoms with Crippen molar-refractivity contribution in [1.29, 1.82) is 0 Å². The second-order valence-corrected chi connectivity index (χ2v) is 13.3. The SMILES string of the molecule is CCOC(=O)C1=C(c2ccccc2)N=c2s/c(=C/c3cn(Cc4ccc(Br)cc4)c4ccccc34)c(=O)n2[C@H]1c1ccc2c(c1)OCO2. The molecule has 2 aliphatic rings. The number of aromatic nitrogens is 2. The lowest BCUT2D eigenvalue weighted by Crippen LogP contribution is -2.40. The number of fused-ring (bicyclic) bond motifs is 3. The summed E-state index contributed by atoms with van der Waals surface area (Å²) in [6.07, 6.45) is 4.01. The first-order chi connectivity index (χ1) is 23.5. The van der Waals surface area contributed by atoms with E-state index in [-0.39, 0.29) is 24.5 Å². The van der Waals surface area contributed by atoms with Gasteiger partial charge in [-0.15, -0.1) is 0 Å². The molecule has 4 aromatic carbocycles. The molecule has 48 heavy (non-hydrogen) atoms. The van der Waals surface area contributed by atoms with Crippen molar-refractivity contribution < 1.29 is 19.0 Å². The van der Waals surface area contributed by atoms with Gasteiger partial charge in [-0.1, -0.05) is 94.0 Å². The molecule has 8 nitrogen and oxygen atoms in total. The van der Waals surface area contributed by atoms with Crippen molar-refractivity contribution in [3.05, 3.63) is 155 Å². The highest BCUT2D eigenvalue weighted by Crippen LogP contribution is 2.40. The zero-order chi connectivity index (χ0) is 32.8. The Hall–Kier alpha value is -5.19. The number of thiazole rings is 1. The van der Waals surface area contributed by atoms with E-state index in [0.29, 0.717) is 38.6 Å². The summed E-state index contributed by atoms with van der Waals surface area (Å²) in [6, 6.07) is 30.6. The third-order valence-electron chi connectivity index (χ3n) is 8.46. The topological polar surface area (TPSA) is 84.1 Å². The molecule has 0 spiro atoms. The molecule has 0 bridgehead atoms. The molecule has 0 N–H and O–H groups in total. The Morgan fingerprint density at radius 2 is 1.77 bits per heavy atom. The predicted molar refractivity (Wildman–Crippen MR) is 189 cm³/mol. The van der Waals surface area contributed by atoms with E-state index in [2.05, 4.69) is 51.0 Å². The third-order valence-corrected chi connectivity index (χ3v) is 9.97. The maximum Gasteiger partial charge on any atom is 0.338 e. The number of rotatable bonds is 7. The van der Waals surface area contributed by atoms with Crippen molar-refractivity contribution >= 4 is 55.9 Å². The lowest BCUT2D eigenvalue weighted by Gasteiger charge is -2.26. The quantitative estimate of drug-likeness (QED) is 0.178. The van der Waals surface area contributed by atoms with Gasteiger partial charge in [-0.3, -0.25) is 9.36 Å². The average Bonchev–Trinajstić information content (AvgIpc) is 3.81. The van der Waals surface area contributed by atoms with Crippen molar-refractivity contribution in [3.8, 4) is 11.5 Å². The summed E-state index contributed by atoms with van der Waals surface area (Å²) >= 11 is 4.82. The summed E-state index contributed by atoms with van der Waals surface area (Å²) in [7, 11) is 0. The van der Waals surface area contributed by atoms with Gasteiger partial charge < -0.3 is 18.8 Å². The first-order valence-electron chi connectivity index (χ1n) is 15.5. The molecule has 0 saturated heterocycles. The van der Waals surface area contributed by atoms with Crippen LogP contribution in [0.15, 0.2) is 123 Å². The molecular weight excluding hydrogens is 690 g/mol. The van der Waals surface area contributed by atoms with Crippen LogP contribution in [0, 0.1) is 0 Å². The van der Waals surface area contributed by atoms with Crippen LogP contribution < -0.4 is 24.4 Å². The zero-order valence-corrected chi connectivity index (χ0v) is 28.2. The Kier molecular flexibility index (Phi) is 7.82. The molecule has 2 aliphatic heterocycles. The van der Waals surface area contributed by atoms with Crippen LogP contribution in [-0.4, -0.2) is 28.5 Å². The number of hydrogen-bond donors (Lipinski definition) is 0. The van der Waals surface area contributed by atoms with Crippen LogP contribution in [0.5, 0.6) is 11.5 Å². The second kappa shape index (κ2) is 12.4. The molecule has 0 saturated carbocycles. The third kappa shape index (κ3) is 5.36. The first kappa shape index (κ1) is 30.2. The summed E-state index contributed by atoms with van der Waals surface area (Å²) in [4.78, 5) is 33.8. The van der Waals surface area contributed by atoms with Crippen LogP contribution >= 0.6 is 27.3 Å². The summed E-state index contributed by atoms with van der Waals surface area (Å²) in [5.41, 5.74) is 5.08. The minimum absolute atomic E-state index is 0.104. The molecule has 238 valence electrons. The highest BCUT2D eigenvalue weighted by Gasteiger charge is 2.36. The number of halogens is 1. The number of benzene rings is 4. The Balaban J connectivity index is 1.34. The monoisotopic (exact) mass is 717 g/mol. The Morgan fingerprint density at radius 3 is 2.58 bits per heavy atom.